The summed E-state index contributed by atoms with van der Waals surface area (Å²) in [6.07, 6.45) is 4.51. The molecule has 158 valence electrons. The predicted octanol–water partition coefficient (Wildman–Crippen LogP) is 2.99. The third kappa shape index (κ3) is 5.48. The molecule has 0 aliphatic carbocycles. The molecule has 0 aromatic carbocycles. The summed E-state index contributed by atoms with van der Waals surface area (Å²) in [5, 5.41) is 9.42. The van der Waals surface area contributed by atoms with Gasteiger partial charge >= 0.3 is 5.97 Å². The van der Waals surface area contributed by atoms with Crippen LogP contribution in [0.1, 0.15) is 50.1 Å². The molecule has 2 rings (SSSR count). The number of hydrogen-bond donors (Lipinski definition) is 0. The molecule has 29 heavy (non-hydrogen) atoms. The highest BCUT2D eigenvalue weighted by atomic mass is 16.5. The Bertz CT molecular complexity index is 809. The zero-order chi connectivity index (χ0) is 21.6. The molecule has 1 aromatic heterocycles. The maximum atomic E-state index is 12.5. The maximum absolute atomic E-state index is 12.5. The quantitative estimate of drug-likeness (QED) is 0.398. The summed E-state index contributed by atoms with van der Waals surface area (Å²) in [5.74, 6) is -0.993. The van der Waals surface area contributed by atoms with E-state index in [1.54, 1.807) is 12.0 Å². The lowest BCUT2D eigenvalue weighted by Crippen LogP contribution is -2.49. The van der Waals surface area contributed by atoms with Crippen LogP contribution in [0.25, 0.3) is 6.08 Å². The molecule has 0 saturated carbocycles. The van der Waals surface area contributed by atoms with Crippen molar-refractivity contribution in [2.45, 2.75) is 65.6 Å². The second-order valence-corrected chi connectivity index (χ2v) is 7.65. The van der Waals surface area contributed by atoms with E-state index in [1.807, 2.05) is 39.8 Å². The van der Waals surface area contributed by atoms with E-state index >= 15 is 0 Å². The zero-order valence-corrected chi connectivity index (χ0v) is 18.0. The van der Waals surface area contributed by atoms with Crippen LogP contribution in [-0.4, -0.2) is 53.8 Å². The van der Waals surface area contributed by atoms with Crippen molar-refractivity contribution < 1.29 is 19.1 Å². The van der Waals surface area contributed by atoms with Crippen molar-refractivity contribution >= 4 is 18.0 Å². The molecule has 0 bridgehead atoms. The lowest BCUT2D eigenvalue weighted by molar-refractivity contribution is -0.151. The second kappa shape index (κ2) is 10.3. The number of hydrogen-bond acceptors (Lipinski definition) is 5. The van der Waals surface area contributed by atoms with Gasteiger partial charge in [0.1, 0.15) is 11.6 Å². The average Bonchev–Trinajstić information content (AvgIpc) is 2.95. The van der Waals surface area contributed by atoms with E-state index < -0.39 is 5.97 Å². The van der Waals surface area contributed by atoms with Crippen LogP contribution in [0.3, 0.4) is 0 Å². The predicted molar refractivity (Wildman–Crippen MR) is 110 cm³/mol. The molecule has 0 N–H and O–H groups in total. The Hall–Kier alpha value is -2.59. The van der Waals surface area contributed by atoms with Gasteiger partial charge in [0.2, 0.25) is 0 Å². The van der Waals surface area contributed by atoms with Crippen LogP contribution in [0.2, 0.25) is 0 Å². The fourth-order valence-electron chi connectivity index (χ4n) is 3.99. The van der Waals surface area contributed by atoms with E-state index in [-0.39, 0.29) is 30.2 Å². The van der Waals surface area contributed by atoms with Crippen molar-refractivity contribution in [3.8, 4) is 6.07 Å². The number of carbonyl (C=O) groups is 2. The third-order valence-electron chi connectivity index (χ3n) is 5.58. The van der Waals surface area contributed by atoms with Crippen molar-refractivity contribution in [1.29, 1.82) is 5.26 Å². The van der Waals surface area contributed by atoms with Gasteiger partial charge in [0.05, 0.1) is 6.61 Å². The summed E-state index contributed by atoms with van der Waals surface area (Å²) < 4.78 is 12.4. The first-order valence-corrected chi connectivity index (χ1v) is 10.1. The SMILES string of the molecule is COCCn1c(C)cc(/C=C(\C#N)C(=O)OCC(=O)N2[C@H](C)CCC[C@@H]2C)c1C. The van der Waals surface area contributed by atoms with E-state index in [2.05, 4.69) is 4.57 Å². The first kappa shape index (κ1) is 22.7. The number of likely N-dealkylation sites (tertiary alicyclic amines) is 1. The standard InChI is InChI=1S/C22H31N3O4/c1-15-7-6-8-16(2)25(15)21(26)14-29-22(27)20(13-23)12-19-11-17(3)24(18(19)4)9-10-28-5/h11-12,15-16H,6-10,14H2,1-5H3/b20-12+/t15-,16+. The van der Waals surface area contributed by atoms with Gasteiger partial charge in [-0.2, -0.15) is 5.26 Å². The van der Waals surface area contributed by atoms with E-state index in [0.29, 0.717) is 13.2 Å². The molecule has 1 aliphatic rings. The van der Waals surface area contributed by atoms with Crippen LogP contribution < -0.4 is 0 Å². The van der Waals surface area contributed by atoms with Gasteiger partial charge in [-0.25, -0.2) is 4.79 Å². The fourth-order valence-corrected chi connectivity index (χ4v) is 3.99. The summed E-state index contributed by atoms with van der Waals surface area (Å²) in [5.41, 5.74) is 2.60. The van der Waals surface area contributed by atoms with Crippen LogP contribution in [0.15, 0.2) is 11.6 Å². The molecule has 1 aromatic rings. The molecule has 0 unspecified atom stereocenters. The van der Waals surface area contributed by atoms with E-state index in [4.69, 9.17) is 9.47 Å². The van der Waals surface area contributed by atoms with Crippen molar-refractivity contribution in [1.82, 2.24) is 9.47 Å². The maximum Gasteiger partial charge on any atom is 0.349 e. The van der Waals surface area contributed by atoms with Crippen LogP contribution in [0, 0.1) is 25.2 Å². The number of carbonyl (C=O) groups excluding carboxylic acids is 2. The summed E-state index contributed by atoms with van der Waals surface area (Å²) in [6, 6.07) is 4.08. The Labute approximate surface area is 172 Å². The van der Waals surface area contributed by atoms with Gasteiger partial charge in [0.15, 0.2) is 6.61 Å². The highest BCUT2D eigenvalue weighted by molar-refractivity contribution is 5.99. The van der Waals surface area contributed by atoms with Crippen LogP contribution in [0.4, 0.5) is 0 Å². The molecular weight excluding hydrogens is 370 g/mol. The first-order chi connectivity index (χ1) is 13.8. The number of nitrogens with zero attached hydrogens (tertiary/aromatic N) is 3. The Morgan fingerprint density at radius 3 is 2.52 bits per heavy atom. The van der Waals surface area contributed by atoms with Gasteiger partial charge in [0.25, 0.3) is 5.91 Å². The molecule has 2 heterocycles. The van der Waals surface area contributed by atoms with E-state index in [1.165, 1.54) is 6.08 Å². The van der Waals surface area contributed by atoms with Gasteiger partial charge in [-0.3, -0.25) is 4.79 Å². The number of esters is 1. The summed E-state index contributed by atoms with van der Waals surface area (Å²) in [7, 11) is 1.64. The average molecular weight is 402 g/mol. The zero-order valence-electron chi connectivity index (χ0n) is 18.0. The minimum absolute atomic E-state index is 0.121. The van der Waals surface area contributed by atoms with Crippen LogP contribution in [-0.2, 0) is 25.6 Å². The molecular formula is C22H31N3O4. The number of methoxy groups -OCH3 is 1. The largest absolute Gasteiger partial charge is 0.451 e. The van der Waals surface area contributed by atoms with Crippen molar-refractivity contribution in [3.63, 3.8) is 0 Å². The number of aromatic nitrogens is 1. The Morgan fingerprint density at radius 2 is 1.93 bits per heavy atom. The minimum Gasteiger partial charge on any atom is -0.451 e. The number of nitriles is 1. The summed E-state index contributed by atoms with van der Waals surface area (Å²) in [4.78, 5) is 26.7. The molecule has 2 atom stereocenters. The molecule has 1 aliphatic heterocycles. The van der Waals surface area contributed by atoms with Gasteiger partial charge in [-0.15, -0.1) is 0 Å². The Balaban J connectivity index is 2.07. The van der Waals surface area contributed by atoms with E-state index in [9.17, 15) is 14.9 Å². The second-order valence-electron chi connectivity index (χ2n) is 7.65. The highest BCUT2D eigenvalue weighted by Crippen LogP contribution is 2.23. The first-order valence-electron chi connectivity index (χ1n) is 10.1. The highest BCUT2D eigenvalue weighted by Gasteiger charge is 2.29. The van der Waals surface area contributed by atoms with Gasteiger partial charge in [0, 0.05) is 37.1 Å². The summed E-state index contributed by atoms with van der Waals surface area (Å²) in [6.45, 7) is 8.82. The Kier molecular flexibility index (Phi) is 8.03. The Morgan fingerprint density at radius 1 is 1.28 bits per heavy atom. The molecule has 7 nitrogen and oxygen atoms in total. The normalized spacial score (nSPS) is 19.7. The van der Waals surface area contributed by atoms with Crippen LogP contribution in [0.5, 0.6) is 0 Å². The molecule has 1 amide bonds. The number of aryl methyl sites for hydroxylation is 1. The van der Waals surface area contributed by atoms with Gasteiger partial charge in [-0.05, 0) is 64.7 Å². The lowest BCUT2D eigenvalue weighted by Gasteiger charge is -2.38. The number of ether oxygens (including phenoxy) is 2. The van der Waals surface area contributed by atoms with Gasteiger partial charge < -0.3 is 18.9 Å². The number of amides is 1. The number of rotatable bonds is 7. The number of piperidine rings is 1. The van der Waals surface area contributed by atoms with Crippen LogP contribution >= 0.6 is 0 Å². The monoisotopic (exact) mass is 401 g/mol. The fraction of sp³-hybridized carbons (Fsp3) is 0.591. The van der Waals surface area contributed by atoms with Gasteiger partial charge in [-0.1, -0.05) is 0 Å². The molecule has 0 radical (unpaired) electrons. The van der Waals surface area contributed by atoms with E-state index in [0.717, 1.165) is 36.2 Å². The topological polar surface area (TPSA) is 84.6 Å². The smallest absolute Gasteiger partial charge is 0.349 e. The molecule has 1 saturated heterocycles. The van der Waals surface area contributed by atoms with Crippen molar-refractivity contribution in [2.75, 3.05) is 20.3 Å². The van der Waals surface area contributed by atoms with Crippen molar-refractivity contribution in [2.24, 2.45) is 0 Å². The molecule has 1 fully saturated rings. The molecule has 7 heteroatoms. The minimum atomic E-state index is -0.778. The molecule has 0 spiro atoms. The summed E-state index contributed by atoms with van der Waals surface area (Å²) >= 11 is 0. The lowest BCUT2D eigenvalue weighted by atomic mass is 9.97. The van der Waals surface area contributed by atoms with Crippen molar-refractivity contribution in [3.05, 3.63) is 28.6 Å². The third-order valence-corrected chi connectivity index (χ3v) is 5.58.